The topological polar surface area (TPSA) is 8.17 Å². The molecule has 0 saturated carbocycles. The molecular formula is C52H32F6N2. The highest BCUT2D eigenvalue weighted by Gasteiger charge is 2.32. The number of para-hydroxylation sites is 3. The summed E-state index contributed by atoms with van der Waals surface area (Å²) in [5.74, 6) is 0. The lowest BCUT2D eigenvalue weighted by atomic mass is 9.84. The van der Waals surface area contributed by atoms with Crippen molar-refractivity contribution in [1.29, 1.82) is 0 Å². The number of nitrogens with zero attached hydrogens (tertiary/aromatic N) is 2. The summed E-state index contributed by atoms with van der Waals surface area (Å²) < 4.78 is 85.6. The SMILES string of the molecule is FC(F)(F)c1ccc(-c2c3ccccc3c(-c3ccc(C(F)(F)F)cc3)c3c(N(c4ccccc4)c4ccc5c(c4)c4ccccc4n5-c4ccccc4)cccc23)cc1. The van der Waals surface area contributed by atoms with Crippen molar-refractivity contribution in [2.45, 2.75) is 12.4 Å². The van der Waals surface area contributed by atoms with Crippen LogP contribution in [0, 0.1) is 0 Å². The van der Waals surface area contributed by atoms with E-state index < -0.39 is 23.5 Å². The first kappa shape index (κ1) is 37.0. The van der Waals surface area contributed by atoms with Crippen LogP contribution in [0.2, 0.25) is 0 Å². The van der Waals surface area contributed by atoms with Crippen LogP contribution in [-0.4, -0.2) is 4.57 Å². The molecule has 0 atom stereocenters. The molecule has 0 saturated heterocycles. The van der Waals surface area contributed by atoms with Gasteiger partial charge in [-0.2, -0.15) is 26.3 Å². The summed E-state index contributed by atoms with van der Waals surface area (Å²) in [5, 5.41) is 5.02. The van der Waals surface area contributed by atoms with Gasteiger partial charge in [0.25, 0.3) is 0 Å². The molecule has 0 bridgehead atoms. The van der Waals surface area contributed by atoms with Gasteiger partial charge in [-0.3, -0.25) is 0 Å². The fourth-order valence-corrected chi connectivity index (χ4v) is 8.62. The third kappa shape index (κ3) is 6.23. The molecule has 1 heterocycles. The molecular weight excluding hydrogens is 767 g/mol. The summed E-state index contributed by atoms with van der Waals surface area (Å²) >= 11 is 0. The Balaban J connectivity index is 1.31. The van der Waals surface area contributed by atoms with Crippen LogP contribution in [0.1, 0.15) is 11.1 Å². The van der Waals surface area contributed by atoms with Crippen LogP contribution in [0.15, 0.2) is 194 Å². The van der Waals surface area contributed by atoms with E-state index in [1.165, 1.54) is 24.3 Å². The Labute approximate surface area is 340 Å². The Morgan fingerprint density at radius 3 is 1.48 bits per heavy atom. The fraction of sp³-hybridized carbons (Fsp3) is 0.0385. The highest BCUT2D eigenvalue weighted by atomic mass is 19.4. The van der Waals surface area contributed by atoms with Gasteiger partial charge in [-0.1, -0.05) is 115 Å². The molecule has 10 aromatic rings. The summed E-state index contributed by atoms with van der Waals surface area (Å²) in [5.41, 5.74) is 6.49. The van der Waals surface area contributed by atoms with Crippen LogP contribution in [0.4, 0.5) is 43.4 Å². The lowest BCUT2D eigenvalue weighted by molar-refractivity contribution is -0.138. The Morgan fingerprint density at radius 1 is 0.367 bits per heavy atom. The molecule has 1 aromatic heterocycles. The van der Waals surface area contributed by atoms with Gasteiger partial charge in [0, 0.05) is 33.2 Å². The van der Waals surface area contributed by atoms with Gasteiger partial charge in [0.2, 0.25) is 0 Å². The van der Waals surface area contributed by atoms with Crippen LogP contribution in [0.25, 0.3) is 71.3 Å². The molecule has 0 N–H and O–H groups in total. The normalized spacial score (nSPS) is 12.2. The van der Waals surface area contributed by atoms with Crippen molar-refractivity contribution in [2.24, 2.45) is 0 Å². The second kappa shape index (κ2) is 14.2. The molecule has 2 nitrogen and oxygen atoms in total. The van der Waals surface area contributed by atoms with Crippen LogP contribution < -0.4 is 4.90 Å². The van der Waals surface area contributed by atoms with E-state index >= 15 is 0 Å². The summed E-state index contributed by atoms with van der Waals surface area (Å²) in [6.07, 6.45) is -9.06. The van der Waals surface area contributed by atoms with Crippen molar-refractivity contribution in [3.63, 3.8) is 0 Å². The zero-order valence-corrected chi connectivity index (χ0v) is 31.6. The highest BCUT2D eigenvalue weighted by Crippen LogP contribution is 2.50. The molecule has 0 aliphatic heterocycles. The first-order valence-corrected chi connectivity index (χ1v) is 19.3. The average Bonchev–Trinajstić information content (AvgIpc) is 3.60. The zero-order chi connectivity index (χ0) is 41.2. The van der Waals surface area contributed by atoms with E-state index in [-0.39, 0.29) is 0 Å². The fourth-order valence-electron chi connectivity index (χ4n) is 8.62. The molecule has 0 spiro atoms. The molecule has 292 valence electrons. The number of alkyl halides is 6. The smallest absolute Gasteiger partial charge is 0.310 e. The van der Waals surface area contributed by atoms with Crippen molar-refractivity contribution in [2.75, 3.05) is 4.90 Å². The van der Waals surface area contributed by atoms with E-state index in [1.807, 2.05) is 103 Å². The first-order chi connectivity index (χ1) is 29.1. The van der Waals surface area contributed by atoms with Crippen molar-refractivity contribution in [3.05, 3.63) is 205 Å². The second-order valence-corrected chi connectivity index (χ2v) is 14.7. The second-order valence-electron chi connectivity index (χ2n) is 14.7. The van der Waals surface area contributed by atoms with E-state index in [1.54, 1.807) is 0 Å². The first-order valence-electron chi connectivity index (χ1n) is 19.3. The minimum absolute atomic E-state index is 0.560. The molecule has 8 heteroatoms. The van der Waals surface area contributed by atoms with Crippen molar-refractivity contribution in [1.82, 2.24) is 4.57 Å². The Kier molecular flexibility index (Phi) is 8.75. The number of halogens is 6. The van der Waals surface area contributed by atoms with Crippen molar-refractivity contribution >= 4 is 60.4 Å². The van der Waals surface area contributed by atoms with Crippen LogP contribution in [0.3, 0.4) is 0 Å². The van der Waals surface area contributed by atoms with Gasteiger partial charge in [-0.05, 0) is 117 Å². The van der Waals surface area contributed by atoms with E-state index in [0.717, 1.165) is 90.4 Å². The summed E-state index contributed by atoms with van der Waals surface area (Å²) in [6, 6.07) is 58.3. The Morgan fingerprint density at radius 2 is 0.867 bits per heavy atom. The van der Waals surface area contributed by atoms with Crippen molar-refractivity contribution in [3.8, 4) is 27.9 Å². The van der Waals surface area contributed by atoms with Crippen LogP contribution in [0.5, 0.6) is 0 Å². The molecule has 10 rings (SSSR count). The summed E-state index contributed by atoms with van der Waals surface area (Å²) in [4.78, 5) is 2.15. The molecule has 0 amide bonds. The summed E-state index contributed by atoms with van der Waals surface area (Å²) in [6.45, 7) is 0. The predicted octanol–water partition coefficient (Wildman–Crippen LogP) is 15.9. The Hall–Kier alpha value is -7.32. The lowest BCUT2D eigenvalue weighted by Crippen LogP contribution is -2.11. The predicted molar refractivity (Wildman–Crippen MR) is 231 cm³/mol. The van der Waals surface area contributed by atoms with Crippen LogP contribution in [-0.2, 0) is 12.4 Å². The number of anilines is 3. The van der Waals surface area contributed by atoms with E-state index in [4.69, 9.17) is 0 Å². The largest absolute Gasteiger partial charge is 0.416 e. The van der Waals surface area contributed by atoms with Gasteiger partial charge in [-0.15, -0.1) is 0 Å². The minimum Gasteiger partial charge on any atom is -0.310 e. The molecule has 60 heavy (non-hydrogen) atoms. The maximum Gasteiger partial charge on any atom is 0.416 e. The summed E-state index contributed by atoms with van der Waals surface area (Å²) in [7, 11) is 0. The van der Waals surface area contributed by atoms with E-state index in [0.29, 0.717) is 22.3 Å². The third-order valence-corrected chi connectivity index (χ3v) is 11.2. The maximum absolute atomic E-state index is 13.9. The third-order valence-electron chi connectivity index (χ3n) is 11.2. The average molecular weight is 799 g/mol. The lowest BCUT2D eigenvalue weighted by Gasteiger charge is -2.29. The monoisotopic (exact) mass is 798 g/mol. The number of aromatic nitrogens is 1. The molecule has 0 radical (unpaired) electrons. The van der Waals surface area contributed by atoms with E-state index in [2.05, 4.69) is 51.9 Å². The molecule has 9 aromatic carbocycles. The van der Waals surface area contributed by atoms with Gasteiger partial charge in [0.05, 0.1) is 27.8 Å². The standard InChI is InChI=1S/C52H32F6N2/c53-51(54,55)35-26-22-33(23-27-35)48-41-17-7-8-18-42(41)49(34-24-28-36(29-25-34)52(56,57)58)50-43(48)19-11-21-47(50)59(37-12-3-1-4-13-37)39-30-31-46-44(32-39)40-16-9-10-20-45(40)60(46)38-14-5-2-6-15-38/h1-32H. The molecule has 0 unspecified atom stereocenters. The quantitative estimate of drug-likeness (QED) is 0.120. The number of fused-ring (bicyclic) bond motifs is 5. The number of hydrogen-bond donors (Lipinski definition) is 0. The van der Waals surface area contributed by atoms with Gasteiger partial charge in [0.15, 0.2) is 0 Å². The van der Waals surface area contributed by atoms with E-state index in [9.17, 15) is 26.3 Å². The van der Waals surface area contributed by atoms with Gasteiger partial charge in [0.1, 0.15) is 0 Å². The molecule has 0 aliphatic carbocycles. The van der Waals surface area contributed by atoms with Gasteiger partial charge >= 0.3 is 12.4 Å². The molecule has 0 aliphatic rings. The zero-order valence-electron chi connectivity index (χ0n) is 31.6. The van der Waals surface area contributed by atoms with Crippen LogP contribution >= 0.6 is 0 Å². The highest BCUT2D eigenvalue weighted by molar-refractivity contribution is 6.25. The van der Waals surface area contributed by atoms with Crippen molar-refractivity contribution < 1.29 is 26.3 Å². The van der Waals surface area contributed by atoms with Gasteiger partial charge < -0.3 is 9.47 Å². The number of hydrogen-bond acceptors (Lipinski definition) is 1. The number of benzene rings is 9. The Bertz CT molecular complexity index is 3200. The maximum atomic E-state index is 13.9. The molecule has 0 fully saturated rings. The van der Waals surface area contributed by atoms with Gasteiger partial charge in [-0.25, -0.2) is 0 Å². The minimum atomic E-state index is -4.54. The number of rotatable bonds is 6.